The third kappa shape index (κ3) is 3.50. The summed E-state index contributed by atoms with van der Waals surface area (Å²) in [6, 6.07) is 5.62. The molecule has 1 fully saturated rings. The number of carboxylic acid groups (broad SMARTS) is 1. The first-order valence-electron chi connectivity index (χ1n) is 6.43. The Bertz CT molecular complexity index is 561. The van der Waals surface area contributed by atoms with Crippen LogP contribution in [0.5, 0.6) is 0 Å². The summed E-state index contributed by atoms with van der Waals surface area (Å²) in [5.74, 6) is -2.43. The van der Waals surface area contributed by atoms with Crippen LogP contribution in [0.4, 0.5) is 5.69 Å². The molecule has 2 unspecified atom stereocenters. The summed E-state index contributed by atoms with van der Waals surface area (Å²) in [6.45, 7) is 2.27. The number of aryl methyl sites for hydroxylation is 1. The summed E-state index contributed by atoms with van der Waals surface area (Å²) in [7, 11) is 0. The van der Waals surface area contributed by atoms with Gasteiger partial charge in [0, 0.05) is 18.8 Å². The molecule has 1 N–H and O–H groups in total. The molecule has 1 heterocycles. The van der Waals surface area contributed by atoms with Gasteiger partial charge in [-0.2, -0.15) is 0 Å². The molecule has 0 spiro atoms. The Hall–Kier alpha value is -1.81. The average Bonchev–Trinajstić information content (AvgIpc) is 2.47. The van der Waals surface area contributed by atoms with E-state index in [0.29, 0.717) is 12.1 Å². The molecule has 8 heteroatoms. The van der Waals surface area contributed by atoms with Crippen LogP contribution in [-0.2, 0) is 14.4 Å². The summed E-state index contributed by atoms with van der Waals surface area (Å²) in [5, 5.41) is 20.4. The Balaban J connectivity index is 0.00000242. The number of anilines is 1. The Labute approximate surface area is 139 Å². The van der Waals surface area contributed by atoms with Crippen LogP contribution in [0.25, 0.3) is 0 Å². The van der Waals surface area contributed by atoms with Crippen LogP contribution in [0.1, 0.15) is 5.56 Å². The Kier molecular flexibility index (Phi) is 6.18. The first-order chi connectivity index (χ1) is 9.95. The van der Waals surface area contributed by atoms with Crippen molar-refractivity contribution in [1.82, 2.24) is 4.90 Å². The van der Waals surface area contributed by atoms with E-state index in [1.165, 1.54) is 4.90 Å². The van der Waals surface area contributed by atoms with Gasteiger partial charge in [-0.15, -0.1) is 0 Å². The number of piperazine rings is 1. The fourth-order valence-electron chi connectivity index (χ4n) is 2.31. The van der Waals surface area contributed by atoms with Crippen molar-refractivity contribution in [1.29, 1.82) is 0 Å². The van der Waals surface area contributed by atoms with Gasteiger partial charge in [0.15, 0.2) is 0 Å². The fourth-order valence-corrected chi connectivity index (χ4v) is 2.31. The third-order valence-electron chi connectivity index (χ3n) is 3.48. The smallest absolute Gasteiger partial charge is 0.547 e. The summed E-state index contributed by atoms with van der Waals surface area (Å²) >= 11 is 0. The minimum atomic E-state index is -2.06. The molecule has 0 radical (unpaired) electrons. The zero-order chi connectivity index (χ0) is 15.6. The summed E-state index contributed by atoms with van der Waals surface area (Å²) in [4.78, 5) is 36.5. The van der Waals surface area contributed by atoms with E-state index in [9.17, 15) is 24.6 Å². The molecule has 22 heavy (non-hydrogen) atoms. The van der Waals surface area contributed by atoms with E-state index in [4.69, 9.17) is 0 Å². The first kappa shape index (κ1) is 18.2. The molecule has 7 nitrogen and oxygen atoms in total. The molecule has 1 aromatic rings. The summed E-state index contributed by atoms with van der Waals surface area (Å²) < 4.78 is 0. The summed E-state index contributed by atoms with van der Waals surface area (Å²) in [6.07, 6.45) is -1.70. The number of hydrogen-bond acceptors (Lipinski definition) is 5. The maximum absolute atomic E-state index is 12.4. The van der Waals surface area contributed by atoms with Crippen molar-refractivity contribution in [2.24, 2.45) is 0 Å². The summed E-state index contributed by atoms with van der Waals surface area (Å²) in [5.41, 5.74) is 1.61. The van der Waals surface area contributed by atoms with E-state index in [2.05, 4.69) is 0 Å². The normalized spacial score (nSPS) is 19.4. The van der Waals surface area contributed by atoms with Gasteiger partial charge in [-0.25, -0.2) is 0 Å². The maximum atomic E-state index is 12.4. The number of aliphatic hydroxyl groups is 1. The second-order valence-corrected chi connectivity index (χ2v) is 4.88. The van der Waals surface area contributed by atoms with Gasteiger partial charge in [0.1, 0.15) is 12.1 Å². The molecule has 1 aromatic carbocycles. The minimum Gasteiger partial charge on any atom is -0.547 e. The van der Waals surface area contributed by atoms with Crippen LogP contribution in [0, 0.1) is 6.92 Å². The standard InChI is InChI=1S/C14H16N2O5.Li/c1-9-2-4-10(5-3-9)16-7-6-15(8-17)11(13(16)19)12(18)14(20)21;/h2-5,8,11-12,18H,6-7H2,1H3,(H,20,21);/q;+1/p-1. The van der Waals surface area contributed by atoms with Gasteiger partial charge in [-0.1, -0.05) is 17.7 Å². The number of rotatable bonds is 4. The van der Waals surface area contributed by atoms with Gasteiger partial charge in [0.2, 0.25) is 6.41 Å². The van der Waals surface area contributed by atoms with E-state index in [1.54, 1.807) is 12.1 Å². The first-order valence-corrected chi connectivity index (χ1v) is 6.43. The van der Waals surface area contributed by atoms with Crippen LogP contribution in [0.3, 0.4) is 0 Å². The molecule has 0 bridgehead atoms. The number of carbonyl (C=O) groups excluding carboxylic acids is 3. The van der Waals surface area contributed by atoms with Crippen LogP contribution in [-0.4, -0.2) is 53.5 Å². The SMILES string of the molecule is Cc1ccc(N2CCN(C=O)C(C(O)C(=O)[O-])C2=O)cc1.[Li+]. The van der Waals surface area contributed by atoms with E-state index in [-0.39, 0.29) is 32.0 Å². The van der Waals surface area contributed by atoms with Crippen molar-refractivity contribution in [3.8, 4) is 0 Å². The largest absolute Gasteiger partial charge is 1.00 e. The molecular weight excluding hydrogens is 283 g/mol. The molecule has 0 aliphatic carbocycles. The number of aliphatic carboxylic acids is 1. The molecule has 0 aromatic heterocycles. The number of amides is 2. The van der Waals surface area contributed by atoms with Crippen LogP contribution >= 0.6 is 0 Å². The van der Waals surface area contributed by atoms with Crippen LogP contribution in [0.2, 0.25) is 0 Å². The zero-order valence-electron chi connectivity index (χ0n) is 12.4. The third-order valence-corrected chi connectivity index (χ3v) is 3.48. The molecule has 112 valence electrons. The second-order valence-electron chi connectivity index (χ2n) is 4.88. The van der Waals surface area contributed by atoms with E-state index in [1.807, 2.05) is 19.1 Å². The quantitative estimate of drug-likeness (QED) is 0.444. The maximum Gasteiger partial charge on any atom is 1.00 e. The molecular formula is C14H15LiN2O5. The number of benzene rings is 1. The second kappa shape index (κ2) is 7.45. The molecule has 1 aliphatic rings. The van der Waals surface area contributed by atoms with Gasteiger partial charge in [0.25, 0.3) is 5.91 Å². The molecule has 1 aliphatic heterocycles. The van der Waals surface area contributed by atoms with Gasteiger partial charge in [-0.05, 0) is 19.1 Å². The van der Waals surface area contributed by atoms with Gasteiger partial charge in [0.05, 0.1) is 5.97 Å². The number of hydrogen-bond donors (Lipinski definition) is 1. The van der Waals surface area contributed by atoms with E-state index in [0.717, 1.165) is 10.5 Å². The average molecular weight is 298 g/mol. The Morgan fingerprint density at radius 1 is 1.36 bits per heavy atom. The van der Waals surface area contributed by atoms with Crippen molar-refractivity contribution in [2.75, 3.05) is 18.0 Å². The molecule has 1 saturated heterocycles. The van der Waals surface area contributed by atoms with Gasteiger partial charge < -0.3 is 24.8 Å². The molecule has 2 rings (SSSR count). The van der Waals surface area contributed by atoms with E-state index >= 15 is 0 Å². The number of carboxylic acids is 1. The molecule has 0 saturated carbocycles. The van der Waals surface area contributed by atoms with Gasteiger partial charge in [-0.3, -0.25) is 9.59 Å². The van der Waals surface area contributed by atoms with Crippen LogP contribution < -0.4 is 28.9 Å². The number of carbonyl (C=O) groups is 3. The topological polar surface area (TPSA) is 101 Å². The molecule has 2 amide bonds. The van der Waals surface area contributed by atoms with Crippen LogP contribution in [0.15, 0.2) is 24.3 Å². The van der Waals surface area contributed by atoms with Gasteiger partial charge >= 0.3 is 18.9 Å². The van der Waals surface area contributed by atoms with Crippen molar-refractivity contribution in [3.05, 3.63) is 29.8 Å². The Morgan fingerprint density at radius 3 is 2.45 bits per heavy atom. The Morgan fingerprint density at radius 2 is 1.95 bits per heavy atom. The molecule has 2 atom stereocenters. The predicted molar refractivity (Wildman–Crippen MR) is 71.1 cm³/mol. The van der Waals surface area contributed by atoms with E-state index < -0.39 is 24.0 Å². The van der Waals surface area contributed by atoms with Crippen molar-refractivity contribution >= 4 is 24.0 Å². The zero-order valence-corrected chi connectivity index (χ0v) is 12.4. The minimum absolute atomic E-state index is 0. The number of nitrogens with zero attached hydrogens (tertiary/aromatic N) is 2. The van der Waals surface area contributed by atoms with Crippen molar-refractivity contribution < 1.29 is 43.5 Å². The number of aliphatic hydroxyl groups excluding tert-OH is 1. The van der Waals surface area contributed by atoms with Crippen molar-refractivity contribution in [3.63, 3.8) is 0 Å². The monoisotopic (exact) mass is 298 g/mol. The predicted octanol–water partition coefficient (Wildman–Crippen LogP) is -4.72. The van der Waals surface area contributed by atoms with Crippen molar-refractivity contribution in [2.45, 2.75) is 19.1 Å². The fraction of sp³-hybridized carbons (Fsp3) is 0.357.